The summed E-state index contributed by atoms with van der Waals surface area (Å²) in [6.45, 7) is 4.19. The third kappa shape index (κ3) is 5.62. The van der Waals surface area contributed by atoms with E-state index < -0.39 is 12.0 Å². The van der Waals surface area contributed by atoms with Gasteiger partial charge < -0.3 is 19.6 Å². The molecule has 2 N–H and O–H groups in total. The van der Waals surface area contributed by atoms with Gasteiger partial charge in [-0.25, -0.2) is 9.79 Å². The second-order valence-corrected chi connectivity index (χ2v) is 11.0. The van der Waals surface area contributed by atoms with Crippen LogP contribution in [0.4, 0.5) is 5.69 Å². The van der Waals surface area contributed by atoms with Crippen LogP contribution in [0.5, 0.6) is 5.75 Å². The molecule has 10 heteroatoms. The molecule has 3 aromatic carbocycles. The third-order valence-electron chi connectivity index (χ3n) is 7.12. The van der Waals surface area contributed by atoms with Gasteiger partial charge >= 0.3 is 5.97 Å². The summed E-state index contributed by atoms with van der Waals surface area (Å²) in [6.07, 6.45) is 1.65. The summed E-state index contributed by atoms with van der Waals surface area (Å²) in [5, 5.41) is 12.1. The Labute approximate surface area is 255 Å². The summed E-state index contributed by atoms with van der Waals surface area (Å²) in [4.78, 5) is 44.1. The van der Waals surface area contributed by atoms with E-state index >= 15 is 0 Å². The molecule has 5 aromatic rings. The average Bonchev–Trinajstić information content (AvgIpc) is 3.61. The molecule has 9 nitrogen and oxygen atoms in total. The first-order valence-corrected chi connectivity index (χ1v) is 14.7. The summed E-state index contributed by atoms with van der Waals surface area (Å²) >= 11 is 1.21. The van der Waals surface area contributed by atoms with Crippen molar-refractivity contribution in [2.75, 3.05) is 11.9 Å². The fourth-order valence-electron chi connectivity index (χ4n) is 5.05. The molecule has 1 amide bonds. The molecule has 0 radical (unpaired) electrons. The van der Waals surface area contributed by atoms with E-state index in [2.05, 4.69) is 10.3 Å². The Morgan fingerprint density at radius 3 is 2.43 bits per heavy atom. The summed E-state index contributed by atoms with van der Waals surface area (Å²) in [6, 6.07) is 25.6. The van der Waals surface area contributed by atoms with Gasteiger partial charge in [-0.05, 0) is 67.9 Å². The van der Waals surface area contributed by atoms with Crippen molar-refractivity contribution in [3.8, 4) is 17.1 Å². The molecular weight excluding hydrogens is 578 g/mol. The lowest BCUT2D eigenvalue weighted by Crippen LogP contribution is -2.40. The molecule has 3 heterocycles. The minimum Gasteiger partial charge on any atom is -0.494 e. The van der Waals surface area contributed by atoms with Crippen molar-refractivity contribution in [2.24, 2.45) is 4.99 Å². The van der Waals surface area contributed by atoms with Crippen molar-refractivity contribution in [1.82, 2.24) is 4.57 Å². The van der Waals surface area contributed by atoms with E-state index in [0.717, 1.165) is 5.56 Å². The highest BCUT2D eigenvalue weighted by molar-refractivity contribution is 7.07. The van der Waals surface area contributed by atoms with Crippen LogP contribution in [0, 0.1) is 0 Å². The minimum atomic E-state index is -1.01. The number of carbonyl (C=O) groups excluding carboxylic acids is 1. The molecule has 0 spiro atoms. The van der Waals surface area contributed by atoms with Gasteiger partial charge in [-0.3, -0.25) is 14.2 Å². The van der Waals surface area contributed by atoms with Crippen LogP contribution in [0.15, 0.2) is 116 Å². The van der Waals surface area contributed by atoms with Gasteiger partial charge in [-0.1, -0.05) is 53.8 Å². The molecule has 6 rings (SSSR count). The highest BCUT2D eigenvalue weighted by atomic mass is 32.1. The monoisotopic (exact) mass is 605 g/mol. The van der Waals surface area contributed by atoms with Gasteiger partial charge in [-0.2, -0.15) is 0 Å². The first-order valence-electron chi connectivity index (χ1n) is 13.9. The quantitative estimate of drug-likeness (QED) is 0.250. The lowest BCUT2D eigenvalue weighted by Gasteiger charge is -2.25. The molecule has 0 saturated carbocycles. The van der Waals surface area contributed by atoms with E-state index in [-0.39, 0.29) is 17.0 Å². The van der Waals surface area contributed by atoms with E-state index in [1.807, 2.05) is 49.4 Å². The molecule has 0 fully saturated rings. The first-order chi connectivity index (χ1) is 21.3. The van der Waals surface area contributed by atoms with Crippen LogP contribution in [0.25, 0.3) is 17.4 Å². The third-order valence-corrected chi connectivity index (χ3v) is 8.10. The topological polar surface area (TPSA) is 123 Å². The Balaban J connectivity index is 1.41. The normalized spacial score (nSPS) is 14.6. The van der Waals surface area contributed by atoms with E-state index in [9.17, 15) is 14.4 Å². The van der Waals surface area contributed by atoms with Crippen molar-refractivity contribution in [2.45, 2.75) is 19.9 Å². The lowest BCUT2D eigenvalue weighted by molar-refractivity contribution is -0.113. The largest absolute Gasteiger partial charge is 0.494 e. The van der Waals surface area contributed by atoms with Crippen LogP contribution in [-0.2, 0) is 4.79 Å². The number of carboxylic acids is 1. The smallest absolute Gasteiger partial charge is 0.335 e. The van der Waals surface area contributed by atoms with Crippen LogP contribution in [0.2, 0.25) is 0 Å². The SMILES string of the molecule is CCOc1ccc([C@@H]2C(C(=O)Nc3ccccc3)=C(C)N=c3s/c(=C\c4ccc(-c5ccc(C(=O)O)cc5)o4)c(=O)n32)cc1. The number of aromatic nitrogens is 1. The van der Waals surface area contributed by atoms with Crippen molar-refractivity contribution in [1.29, 1.82) is 0 Å². The predicted octanol–water partition coefficient (Wildman–Crippen LogP) is 5.23. The van der Waals surface area contributed by atoms with Gasteiger partial charge in [0.2, 0.25) is 0 Å². The number of thiazole rings is 1. The van der Waals surface area contributed by atoms with Crippen molar-refractivity contribution >= 4 is 35.0 Å². The zero-order valence-electron chi connectivity index (χ0n) is 23.8. The molecule has 44 heavy (non-hydrogen) atoms. The number of amides is 1. The Kier molecular flexibility index (Phi) is 7.82. The number of carbonyl (C=O) groups is 2. The number of para-hydroxylation sites is 1. The number of nitrogens with zero attached hydrogens (tertiary/aromatic N) is 2. The molecule has 0 unspecified atom stereocenters. The van der Waals surface area contributed by atoms with Gasteiger partial charge in [0.15, 0.2) is 4.80 Å². The number of benzene rings is 3. The Hall–Kier alpha value is -5.48. The maximum atomic E-state index is 14.0. The Morgan fingerprint density at radius 2 is 1.75 bits per heavy atom. The number of aromatic carboxylic acids is 1. The second-order valence-electron chi connectivity index (χ2n) is 9.99. The summed E-state index contributed by atoms with van der Waals surface area (Å²) in [5.41, 5.74) is 2.81. The number of ether oxygens (including phenoxy) is 1. The van der Waals surface area contributed by atoms with Gasteiger partial charge in [-0.15, -0.1) is 0 Å². The van der Waals surface area contributed by atoms with E-state index in [1.165, 1.54) is 23.5 Å². The number of rotatable bonds is 8. The van der Waals surface area contributed by atoms with E-state index in [4.69, 9.17) is 14.3 Å². The molecular formula is C34H27N3O6S. The van der Waals surface area contributed by atoms with Crippen LogP contribution in [0.1, 0.15) is 41.6 Å². The highest BCUT2D eigenvalue weighted by Crippen LogP contribution is 2.32. The van der Waals surface area contributed by atoms with Crippen molar-refractivity contribution < 1.29 is 23.8 Å². The molecule has 0 bridgehead atoms. The molecule has 220 valence electrons. The molecule has 1 aliphatic rings. The van der Waals surface area contributed by atoms with Crippen molar-refractivity contribution in [3.63, 3.8) is 0 Å². The van der Waals surface area contributed by atoms with Crippen molar-refractivity contribution in [3.05, 3.63) is 139 Å². The zero-order valence-corrected chi connectivity index (χ0v) is 24.6. The number of fused-ring (bicyclic) bond motifs is 1. The van der Waals surface area contributed by atoms with E-state index in [0.29, 0.717) is 55.7 Å². The highest BCUT2D eigenvalue weighted by Gasteiger charge is 2.32. The van der Waals surface area contributed by atoms with Gasteiger partial charge in [0.05, 0.1) is 34.0 Å². The summed E-state index contributed by atoms with van der Waals surface area (Å²) in [5.74, 6) is 0.305. The maximum absolute atomic E-state index is 14.0. The summed E-state index contributed by atoms with van der Waals surface area (Å²) < 4.78 is 13.5. The van der Waals surface area contributed by atoms with Crippen LogP contribution in [-0.4, -0.2) is 28.2 Å². The van der Waals surface area contributed by atoms with Crippen LogP contribution >= 0.6 is 11.3 Å². The van der Waals surface area contributed by atoms with Gasteiger partial charge in [0.1, 0.15) is 17.3 Å². The Morgan fingerprint density at radius 1 is 1.02 bits per heavy atom. The molecule has 0 saturated heterocycles. The molecule has 0 aliphatic carbocycles. The lowest BCUT2D eigenvalue weighted by atomic mass is 9.95. The average molecular weight is 606 g/mol. The van der Waals surface area contributed by atoms with E-state index in [1.54, 1.807) is 54.0 Å². The number of anilines is 1. The number of hydrogen-bond acceptors (Lipinski definition) is 7. The summed E-state index contributed by atoms with van der Waals surface area (Å²) in [7, 11) is 0. The van der Waals surface area contributed by atoms with Gasteiger partial charge in [0, 0.05) is 17.3 Å². The standard InChI is InChI=1S/C34H27N3O6S/c1-3-42-25-15-13-22(14-16-25)30-29(31(38)36-24-7-5-4-6-8-24)20(2)35-34-37(30)32(39)28(44-34)19-26-17-18-27(43-26)21-9-11-23(12-10-21)33(40)41/h4-19,30H,3H2,1-2H3,(H,36,38)(H,40,41)/b28-19-/t30-/m1/s1. The number of nitrogens with one attached hydrogen (secondary N) is 1. The zero-order chi connectivity index (χ0) is 30.8. The number of furan rings is 1. The minimum absolute atomic E-state index is 0.177. The van der Waals surface area contributed by atoms with Crippen LogP contribution < -0.4 is 24.9 Å². The fraction of sp³-hybridized carbons (Fsp3) is 0.118. The fourth-order valence-corrected chi connectivity index (χ4v) is 6.08. The second kappa shape index (κ2) is 12.0. The van der Waals surface area contributed by atoms with Gasteiger partial charge in [0.25, 0.3) is 11.5 Å². The predicted molar refractivity (Wildman–Crippen MR) is 168 cm³/mol. The molecule has 1 aliphatic heterocycles. The number of hydrogen-bond donors (Lipinski definition) is 2. The number of allylic oxidation sites excluding steroid dienone is 1. The molecule has 1 atom stereocenters. The molecule has 2 aromatic heterocycles. The first kappa shape index (κ1) is 28.6. The Bertz CT molecular complexity index is 2070. The number of carboxylic acid groups (broad SMARTS) is 1. The van der Waals surface area contributed by atoms with Crippen LogP contribution in [0.3, 0.4) is 0 Å². The maximum Gasteiger partial charge on any atom is 0.335 e.